The zero-order valence-electron chi connectivity index (χ0n) is 20.2. The van der Waals surface area contributed by atoms with Crippen LogP contribution in [0.2, 0.25) is 0 Å². The lowest BCUT2D eigenvalue weighted by molar-refractivity contribution is -0.125. The third-order valence-electron chi connectivity index (χ3n) is 6.76. The number of rotatable bonds is 8. The molecule has 212 valence electrons. The van der Waals surface area contributed by atoms with Gasteiger partial charge in [0.05, 0.1) is 8.96 Å². The predicted molar refractivity (Wildman–Crippen MR) is 153 cm³/mol. The molecule has 0 unspecified atom stereocenters. The van der Waals surface area contributed by atoms with E-state index < -0.39 is 44.9 Å². The normalized spacial score (nSPS) is 33.7. The van der Waals surface area contributed by atoms with Gasteiger partial charge in [0.1, 0.15) is 33.3 Å². The molecule has 0 saturated heterocycles. The van der Waals surface area contributed by atoms with E-state index >= 15 is 0 Å². The average molecular weight is 804 g/mol. The first-order chi connectivity index (χ1) is 18.4. The van der Waals surface area contributed by atoms with Crippen LogP contribution in [0.3, 0.4) is 0 Å². The lowest BCUT2D eigenvalue weighted by Crippen LogP contribution is -2.52. The van der Waals surface area contributed by atoms with Gasteiger partial charge in [-0.2, -0.15) is 0 Å². The Morgan fingerprint density at radius 3 is 1.59 bits per heavy atom. The first-order valence-corrected chi connectivity index (χ1v) is 15.4. The van der Waals surface area contributed by atoms with Crippen molar-refractivity contribution in [1.29, 1.82) is 0 Å². The maximum absolute atomic E-state index is 12.5. The molecule has 4 N–H and O–H groups in total. The van der Waals surface area contributed by atoms with Crippen LogP contribution < -0.4 is 10.6 Å². The lowest BCUT2D eigenvalue weighted by Gasteiger charge is -2.34. The van der Waals surface area contributed by atoms with Gasteiger partial charge in [0.15, 0.2) is 22.8 Å². The number of aliphatic hydroxyl groups is 2. The van der Waals surface area contributed by atoms with E-state index in [1.165, 1.54) is 12.2 Å². The van der Waals surface area contributed by atoms with Crippen LogP contribution in [0, 0.1) is 0 Å². The fourth-order valence-electron chi connectivity index (χ4n) is 4.47. The zero-order valence-corrected chi connectivity index (χ0v) is 26.5. The van der Waals surface area contributed by atoms with Gasteiger partial charge in [-0.15, -0.1) is 0 Å². The van der Waals surface area contributed by atoms with Crippen molar-refractivity contribution in [3.05, 3.63) is 21.1 Å². The molecule has 0 fully saturated rings. The van der Waals surface area contributed by atoms with Crippen LogP contribution in [0.25, 0.3) is 0 Å². The molecule has 6 atom stereocenters. The molecular formula is C23H24Br4N4O8. The fraction of sp³-hybridized carbons (Fsp3) is 0.565. The van der Waals surface area contributed by atoms with E-state index in [2.05, 4.69) is 84.7 Å². The summed E-state index contributed by atoms with van der Waals surface area (Å²) >= 11 is 12.6. The highest BCUT2D eigenvalue weighted by molar-refractivity contribution is 9.12. The van der Waals surface area contributed by atoms with E-state index in [1.54, 1.807) is 0 Å². The molecule has 0 aromatic carbocycles. The van der Waals surface area contributed by atoms with Crippen molar-refractivity contribution >= 4 is 98.5 Å². The summed E-state index contributed by atoms with van der Waals surface area (Å²) in [5.41, 5.74) is -2.36. The minimum atomic E-state index is -1.30. The van der Waals surface area contributed by atoms with Gasteiger partial charge in [0.2, 0.25) is 0 Å². The maximum atomic E-state index is 12.5. The van der Waals surface area contributed by atoms with Crippen LogP contribution in [-0.2, 0) is 28.9 Å². The Kier molecular flexibility index (Phi) is 9.53. The molecule has 39 heavy (non-hydrogen) atoms. The molecule has 2 aliphatic carbocycles. The number of aliphatic hydroxyl groups excluding tert-OH is 2. The number of amides is 2. The van der Waals surface area contributed by atoms with Gasteiger partial charge in [-0.05, 0) is 63.3 Å². The smallest absolute Gasteiger partial charge is 0.269 e. The highest BCUT2D eigenvalue weighted by Gasteiger charge is 2.54. The van der Waals surface area contributed by atoms with Gasteiger partial charge in [0, 0.05) is 25.9 Å². The van der Waals surface area contributed by atoms with Crippen molar-refractivity contribution in [3.63, 3.8) is 0 Å². The van der Waals surface area contributed by atoms with E-state index in [9.17, 15) is 29.4 Å². The van der Waals surface area contributed by atoms with E-state index in [-0.39, 0.29) is 44.8 Å². The van der Waals surface area contributed by atoms with Crippen LogP contribution in [0.5, 0.6) is 0 Å². The number of Topliss-reactive ketones (excluding diaryl/α,β-unsaturated/α-hetero) is 2. The lowest BCUT2D eigenvalue weighted by atomic mass is 9.83. The number of hydrogen-bond donors (Lipinski definition) is 4. The summed E-state index contributed by atoms with van der Waals surface area (Å²) in [6, 6.07) is 0. The summed E-state index contributed by atoms with van der Waals surface area (Å²) in [7, 11) is 0. The van der Waals surface area contributed by atoms with Gasteiger partial charge >= 0.3 is 0 Å². The fourth-order valence-corrected chi connectivity index (χ4v) is 7.74. The molecule has 2 aliphatic heterocycles. The molecule has 4 aliphatic rings. The second kappa shape index (κ2) is 12.2. The van der Waals surface area contributed by atoms with E-state index in [0.29, 0.717) is 32.4 Å². The minimum absolute atomic E-state index is 0.0156. The Morgan fingerprint density at radius 2 is 1.21 bits per heavy atom. The number of oxime groups is 2. The van der Waals surface area contributed by atoms with Gasteiger partial charge in [0.25, 0.3) is 11.8 Å². The summed E-state index contributed by atoms with van der Waals surface area (Å²) in [5.74, 6) is -1.49. The molecule has 4 rings (SSSR count). The molecule has 0 radical (unpaired) electrons. The van der Waals surface area contributed by atoms with Crippen molar-refractivity contribution in [2.75, 3.05) is 13.1 Å². The highest BCUT2D eigenvalue weighted by atomic mass is 79.9. The first kappa shape index (κ1) is 30.5. The number of unbranched alkanes of at least 4 members (excludes halogenated alkanes) is 2. The van der Waals surface area contributed by atoms with Crippen molar-refractivity contribution in [2.45, 2.75) is 65.2 Å². The number of carbonyl (C=O) groups excluding carboxylic acids is 4. The Morgan fingerprint density at radius 1 is 0.821 bits per heavy atom. The summed E-state index contributed by atoms with van der Waals surface area (Å²) in [6.45, 7) is 0.740. The number of allylic oxidation sites excluding steroid dienone is 2. The average Bonchev–Trinajstić information content (AvgIpc) is 3.54. The molecular weight excluding hydrogens is 780 g/mol. The zero-order chi connectivity index (χ0) is 28.5. The molecule has 2 spiro atoms. The molecule has 0 aromatic rings. The van der Waals surface area contributed by atoms with Gasteiger partial charge < -0.3 is 30.5 Å². The minimum Gasteiger partial charge on any atom is -0.387 e. The van der Waals surface area contributed by atoms with Crippen molar-refractivity contribution in [2.24, 2.45) is 10.3 Å². The third kappa shape index (κ3) is 6.10. The number of ketones is 2. The van der Waals surface area contributed by atoms with Crippen molar-refractivity contribution < 1.29 is 39.1 Å². The molecule has 0 saturated carbocycles. The number of hydrogen-bond acceptors (Lipinski definition) is 10. The SMILES string of the molecule is O=C(NCCCCCNC(=O)C1=NO[C@]2(C=C(Br)C(=O)[C@@H](Br)[C@@H]2O)C1)C1=NO[C@]2(C=C(Br)C(=O)[C@@H](Br)[C@@H]2O)C1. The molecule has 0 aromatic heterocycles. The van der Waals surface area contributed by atoms with E-state index in [0.717, 1.165) is 0 Å². The van der Waals surface area contributed by atoms with Crippen LogP contribution in [0.15, 0.2) is 31.4 Å². The Bertz CT molecular complexity index is 1120. The van der Waals surface area contributed by atoms with E-state index in [1.807, 2.05) is 0 Å². The third-order valence-corrected chi connectivity index (χ3v) is 9.83. The van der Waals surface area contributed by atoms with Crippen LogP contribution >= 0.6 is 63.7 Å². The second-order valence-corrected chi connectivity index (χ2v) is 13.2. The number of nitrogens with zero attached hydrogens (tertiary/aromatic N) is 2. The molecule has 16 heteroatoms. The predicted octanol–water partition coefficient (Wildman–Crippen LogP) is 1.39. The Hall–Kier alpha value is -1.46. The number of nitrogens with one attached hydrogen (secondary N) is 2. The molecule has 2 amide bonds. The quantitative estimate of drug-likeness (QED) is 0.211. The molecule has 0 bridgehead atoms. The standard InChI is InChI=1S/C23H24Br4N4O8/c24-10-6-22(18(34)14(26)16(10)32)8-12(30-38-22)20(36)28-4-2-1-3-5-29-21(37)13-9-23(39-31-13)7-11(25)17(33)15(27)19(23)35/h6-7,14-15,18-19,34-35H,1-5,8-9H2,(H,28,36)(H,29,37)/t14-,15-,18+,19+,22-,23-/m1/s1. The highest BCUT2D eigenvalue weighted by Crippen LogP contribution is 2.41. The monoisotopic (exact) mass is 800 g/mol. The summed E-state index contributed by atoms with van der Waals surface area (Å²) in [4.78, 5) is 58.0. The van der Waals surface area contributed by atoms with Gasteiger partial charge in [-0.25, -0.2) is 0 Å². The van der Waals surface area contributed by atoms with Crippen LogP contribution in [-0.4, -0.2) is 91.2 Å². The number of halogens is 4. The number of alkyl halides is 2. The summed E-state index contributed by atoms with van der Waals surface area (Å²) in [6.07, 6.45) is 2.49. The van der Waals surface area contributed by atoms with Gasteiger partial charge in [-0.1, -0.05) is 42.2 Å². The van der Waals surface area contributed by atoms with Crippen LogP contribution in [0.4, 0.5) is 0 Å². The Labute approximate surface area is 256 Å². The molecule has 2 heterocycles. The van der Waals surface area contributed by atoms with Crippen molar-refractivity contribution in [1.82, 2.24) is 10.6 Å². The van der Waals surface area contributed by atoms with Gasteiger partial charge in [-0.3, -0.25) is 19.2 Å². The van der Waals surface area contributed by atoms with E-state index in [4.69, 9.17) is 9.68 Å². The summed E-state index contributed by atoms with van der Waals surface area (Å²) in [5, 5.41) is 34.2. The van der Waals surface area contributed by atoms with Crippen LogP contribution in [0.1, 0.15) is 32.1 Å². The van der Waals surface area contributed by atoms with Crippen molar-refractivity contribution in [3.8, 4) is 0 Å². The maximum Gasteiger partial charge on any atom is 0.269 e. The topological polar surface area (TPSA) is 176 Å². The Balaban J connectivity index is 1.13. The molecule has 12 nitrogen and oxygen atoms in total. The number of carbonyl (C=O) groups is 4. The first-order valence-electron chi connectivity index (χ1n) is 12.0. The summed E-state index contributed by atoms with van der Waals surface area (Å²) < 4.78 is 0.484. The largest absolute Gasteiger partial charge is 0.387 e. The second-order valence-electron chi connectivity index (χ2n) is 9.50.